The highest BCUT2D eigenvalue weighted by Crippen LogP contribution is 2.21. The number of nitrogens with zero attached hydrogens (tertiary/aromatic N) is 3. The Kier molecular flexibility index (Phi) is 4.11. The number of hydrogen-bond acceptors (Lipinski definition) is 3. The zero-order chi connectivity index (χ0) is 14.9. The van der Waals surface area contributed by atoms with Crippen LogP contribution in [0.3, 0.4) is 0 Å². The second kappa shape index (κ2) is 5.64. The number of likely N-dealkylation sites (tertiary alicyclic amines) is 1. The van der Waals surface area contributed by atoms with Gasteiger partial charge in [-0.15, -0.1) is 0 Å². The van der Waals surface area contributed by atoms with E-state index >= 15 is 0 Å². The van der Waals surface area contributed by atoms with Crippen molar-refractivity contribution in [2.24, 2.45) is 13.0 Å². The van der Waals surface area contributed by atoms with E-state index in [1.54, 1.807) is 9.58 Å². The van der Waals surface area contributed by atoms with Crippen LogP contribution in [0.25, 0.3) is 0 Å². The first-order valence-electron chi connectivity index (χ1n) is 6.87. The SMILES string of the molecule is Cc1nn(C)c(C)c1CC(=O)N1CCC(CC(=O)O)C1. The molecule has 1 N–H and O–H groups in total. The Morgan fingerprint density at radius 3 is 2.65 bits per heavy atom. The number of carboxylic acids is 1. The highest BCUT2D eigenvalue weighted by atomic mass is 16.4. The molecule has 1 fully saturated rings. The fraction of sp³-hybridized carbons (Fsp3) is 0.643. The molecule has 2 heterocycles. The highest BCUT2D eigenvalue weighted by Gasteiger charge is 2.28. The van der Waals surface area contributed by atoms with E-state index in [-0.39, 0.29) is 18.2 Å². The van der Waals surface area contributed by atoms with Crippen molar-refractivity contribution in [2.45, 2.75) is 33.1 Å². The molecule has 0 radical (unpaired) electrons. The normalized spacial score (nSPS) is 18.6. The van der Waals surface area contributed by atoms with Gasteiger partial charge in [0.1, 0.15) is 0 Å². The van der Waals surface area contributed by atoms with Gasteiger partial charge in [0.25, 0.3) is 0 Å². The summed E-state index contributed by atoms with van der Waals surface area (Å²) in [6.45, 7) is 5.09. The predicted octanol–water partition coefficient (Wildman–Crippen LogP) is 0.903. The van der Waals surface area contributed by atoms with Gasteiger partial charge in [0.2, 0.25) is 5.91 Å². The maximum Gasteiger partial charge on any atom is 0.303 e. The van der Waals surface area contributed by atoms with E-state index in [2.05, 4.69) is 5.10 Å². The van der Waals surface area contributed by atoms with Crippen molar-refractivity contribution < 1.29 is 14.7 Å². The Morgan fingerprint density at radius 2 is 2.10 bits per heavy atom. The summed E-state index contributed by atoms with van der Waals surface area (Å²) < 4.78 is 1.79. The molecule has 1 saturated heterocycles. The summed E-state index contributed by atoms with van der Waals surface area (Å²) in [5.74, 6) is -0.632. The molecule has 0 bridgehead atoms. The van der Waals surface area contributed by atoms with Gasteiger partial charge in [-0.2, -0.15) is 5.10 Å². The summed E-state index contributed by atoms with van der Waals surface area (Å²) in [6.07, 6.45) is 1.28. The number of carboxylic acid groups (broad SMARTS) is 1. The lowest BCUT2D eigenvalue weighted by Gasteiger charge is -2.16. The number of aromatic nitrogens is 2. The summed E-state index contributed by atoms with van der Waals surface area (Å²) in [6, 6.07) is 0. The fourth-order valence-corrected chi connectivity index (χ4v) is 2.81. The fourth-order valence-electron chi connectivity index (χ4n) is 2.81. The van der Waals surface area contributed by atoms with E-state index in [1.807, 2.05) is 20.9 Å². The number of carbonyl (C=O) groups excluding carboxylic acids is 1. The second-order valence-corrected chi connectivity index (χ2v) is 5.54. The summed E-state index contributed by atoms with van der Waals surface area (Å²) in [4.78, 5) is 24.8. The van der Waals surface area contributed by atoms with Crippen molar-refractivity contribution in [1.82, 2.24) is 14.7 Å². The van der Waals surface area contributed by atoms with Crippen molar-refractivity contribution in [3.63, 3.8) is 0 Å². The highest BCUT2D eigenvalue weighted by molar-refractivity contribution is 5.79. The molecule has 1 aromatic rings. The number of aryl methyl sites for hydroxylation is 2. The van der Waals surface area contributed by atoms with Crippen molar-refractivity contribution >= 4 is 11.9 Å². The standard InChI is InChI=1S/C14H21N3O3/c1-9-12(10(2)16(3)15-9)7-13(18)17-5-4-11(8-17)6-14(19)20/h11H,4-8H2,1-3H3,(H,19,20). The van der Waals surface area contributed by atoms with Crippen LogP contribution in [0, 0.1) is 19.8 Å². The zero-order valence-corrected chi connectivity index (χ0v) is 12.2. The minimum Gasteiger partial charge on any atom is -0.481 e. The molecule has 0 spiro atoms. The lowest BCUT2D eigenvalue weighted by atomic mass is 10.1. The molecular weight excluding hydrogens is 258 g/mol. The lowest BCUT2D eigenvalue weighted by molar-refractivity contribution is -0.138. The van der Waals surface area contributed by atoms with Crippen LogP contribution in [0.15, 0.2) is 0 Å². The summed E-state index contributed by atoms with van der Waals surface area (Å²) in [5, 5.41) is 13.1. The molecule has 0 saturated carbocycles. The Morgan fingerprint density at radius 1 is 1.40 bits per heavy atom. The van der Waals surface area contributed by atoms with Gasteiger partial charge in [0, 0.05) is 37.8 Å². The zero-order valence-electron chi connectivity index (χ0n) is 12.2. The minimum atomic E-state index is -0.789. The Labute approximate surface area is 118 Å². The first-order valence-corrected chi connectivity index (χ1v) is 6.87. The first-order chi connectivity index (χ1) is 9.38. The van der Waals surface area contributed by atoms with E-state index in [9.17, 15) is 9.59 Å². The predicted molar refractivity (Wildman–Crippen MR) is 73.3 cm³/mol. The van der Waals surface area contributed by atoms with Gasteiger partial charge in [0.15, 0.2) is 0 Å². The Bertz CT molecular complexity index is 536. The third-order valence-electron chi connectivity index (χ3n) is 4.09. The molecule has 6 heteroatoms. The monoisotopic (exact) mass is 279 g/mol. The molecule has 0 aliphatic carbocycles. The summed E-state index contributed by atoms with van der Waals surface area (Å²) in [7, 11) is 1.87. The maximum absolute atomic E-state index is 12.3. The molecule has 110 valence electrons. The second-order valence-electron chi connectivity index (χ2n) is 5.54. The van der Waals surface area contributed by atoms with Crippen molar-refractivity contribution in [3.05, 3.63) is 17.0 Å². The van der Waals surface area contributed by atoms with Gasteiger partial charge >= 0.3 is 5.97 Å². The number of aliphatic carboxylic acids is 1. The number of carbonyl (C=O) groups is 2. The molecule has 1 amide bonds. The quantitative estimate of drug-likeness (QED) is 0.888. The van der Waals surface area contributed by atoms with Crippen molar-refractivity contribution in [2.75, 3.05) is 13.1 Å². The van der Waals surface area contributed by atoms with Gasteiger partial charge in [-0.3, -0.25) is 14.3 Å². The van der Waals surface area contributed by atoms with E-state index in [0.717, 1.165) is 23.4 Å². The van der Waals surface area contributed by atoms with Gasteiger partial charge in [-0.25, -0.2) is 0 Å². The van der Waals surface area contributed by atoms with Gasteiger partial charge in [-0.05, 0) is 26.2 Å². The number of amides is 1. The molecule has 2 rings (SSSR count). The third kappa shape index (κ3) is 3.00. The van der Waals surface area contributed by atoms with Crippen LogP contribution in [0.2, 0.25) is 0 Å². The molecule has 20 heavy (non-hydrogen) atoms. The van der Waals surface area contributed by atoms with Crippen LogP contribution in [0.1, 0.15) is 29.8 Å². The topological polar surface area (TPSA) is 75.4 Å². The molecule has 6 nitrogen and oxygen atoms in total. The first kappa shape index (κ1) is 14.6. The van der Waals surface area contributed by atoms with E-state index < -0.39 is 5.97 Å². The molecule has 1 aliphatic heterocycles. The summed E-state index contributed by atoms with van der Waals surface area (Å²) in [5.41, 5.74) is 2.89. The third-order valence-corrected chi connectivity index (χ3v) is 4.09. The van der Waals surface area contributed by atoms with Crippen LogP contribution < -0.4 is 0 Å². The molecular formula is C14H21N3O3. The van der Waals surface area contributed by atoms with Crippen molar-refractivity contribution in [3.8, 4) is 0 Å². The molecule has 0 aromatic carbocycles. The van der Waals surface area contributed by atoms with Crippen LogP contribution in [-0.2, 0) is 23.1 Å². The lowest BCUT2D eigenvalue weighted by Crippen LogP contribution is -2.30. The van der Waals surface area contributed by atoms with Crippen LogP contribution in [0.5, 0.6) is 0 Å². The van der Waals surface area contributed by atoms with Crippen molar-refractivity contribution in [1.29, 1.82) is 0 Å². The number of rotatable bonds is 4. The minimum absolute atomic E-state index is 0.0667. The number of hydrogen-bond donors (Lipinski definition) is 1. The van der Waals surface area contributed by atoms with Gasteiger partial charge in [-0.1, -0.05) is 0 Å². The molecule has 1 aliphatic rings. The maximum atomic E-state index is 12.3. The average molecular weight is 279 g/mol. The Hall–Kier alpha value is -1.85. The van der Waals surface area contributed by atoms with E-state index in [1.165, 1.54) is 0 Å². The summed E-state index contributed by atoms with van der Waals surface area (Å²) >= 11 is 0. The molecule has 1 atom stereocenters. The molecule has 1 unspecified atom stereocenters. The van der Waals surface area contributed by atoms with E-state index in [0.29, 0.717) is 19.5 Å². The van der Waals surface area contributed by atoms with Gasteiger partial charge < -0.3 is 10.0 Å². The largest absolute Gasteiger partial charge is 0.481 e. The molecule has 1 aromatic heterocycles. The van der Waals surface area contributed by atoms with Crippen LogP contribution >= 0.6 is 0 Å². The van der Waals surface area contributed by atoms with Gasteiger partial charge in [0.05, 0.1) is 12.1 Å². The van der Waals surface area contributed by atoms with Crippen LogP contribution in [0.4, 0.5) is 0 Å². The Balaban J connectivity index is 1.98. The average Bonchev–Trinajstić information content (AvgIpc) is 2.89. The van der Waals surface area contributed by atoms with E-state index in [4.69, 9.17) is 5.11 Å². The smallest absolute Gasteiger partial charge is 0.303 e. The van der Waals surface area contributed by atoms with Crippen LogP contribution in [-0.4, -0.2) is 44.8 Å².